The Morgan fingerprint density at radius 2 is 1.26 bits per heavy atom. The summed E-state index contributed by atoms with van der Waals surface area (Å²) in [5.41, 5.74) is 0.839. The highest BCUT2D eigenvalue weighted by Gasteiger charge is 2.38. The first-order chi connectivity index (χ1) is 11.2. The molecule has 2 aromatic carbocycles. The minimum absolute atomic E-state index is 0.419. The molecule has 0 saturated heterocycles. The first-order valence-corrected chi connectivity index (χ1v) is 7.43. The van der Waals surface area contributed by atoms with Crippen LogP contribution in [0.4, 0.5) is 0 Å². The minimum atomic E-state index is -1.33. The SMILES string of the molecule is O=C(OC1(OC(=O)c2ccccc2)C=CCC1)c1ccccc1. The van der Waals surface area contributed by atoms with Gasteiger partial charge >= 0.3 is 11.9 Å². The second-order valence-corrected chi connectivity index (χ2v) is 5.26. The summed E-state index contributed by atoms with van der Waals surface area (Å²) < 4.78 is 11.0. The number of ether oxygens (including phenoxy) is 2. The van der Waals surface area contributed by atoms with Gasteiger partial charge in [-0.05, 0) is 36.8 Å². The summed E-state index contributed by atoms with van der Waals surface area (Å²) in [6.45, 7) is 0. The van der Waals surface area contributed by atoms with Gasteiger partial charge in [-0.1, -0.05) is 42.5 Å². The van der Waals surface area contributed by atoms with Gasteiger partial charge in [-0.25, -0.2) is 9.59 Å². The van der Waals surface area contributed by atoms with Crippen LogP contribution in [0.5, 0.6) is 0 Å². The molecule has 4 nitrogen and oxygen atoms in total. The van der Waals surface area contributed by atoms with Crippen molar-refractivity contribution in [3.05, 3.63) is 83.9 Å². The minimum Gasteiger partial charge on any atom is -0.415 e. The zero-order valence-electron chi connectivity index (χ0n) is 12.5. The first-order valence-electron chi connectivity index (χ1n) is 7.43. The molecule has 0 spiro atoms. The van der Waals surface area contributed by atoms with Gasteiger partial charge in [-0.15, -0.1) is 0 Å². The van der Waals surface area contributed by atoms with Crippen LogP contribution in [0.25, 0.3) is 0 Å². The molecule has 1 aliphatic carbocycles. The predicted molar refractivity (Wildman–Crippen MR) is 84.8 cm³/mol. The van der Waals surface area contributed by atoms with Crippen LogP contribution in [-0.2, 0) is 9.47 Å². The monoisotopic (exact) mass is 308 g/mol. The zero-order valence-corrected chi connectivity index (χ0v) is 12.5. The van der Waals surface area contributed by atoms with Gasteiger partial charge in [0.2, 0.25) is 0 Å². The summed E-state index contributed by atoms with van der Waals surface area (Å²) in [6.07, 6.45) is 4.58. The van der Waals surface area contributed by atoms with Crippen LogP contribution in [0.1, 0.15) is 33.6 Å². The molecule has 0 unspecified atom stereocenters. The second-order valence-electron chi connectivity index (χ2n) is 5.26. The zero-order chi connectivity index (χ0) is 16.1. The van der Waals surface area contributed by atoms with Gasteiger partial charge in [-0.2, -0.15) is 0 Å². The molecule has 0 N–H and O–H groups in total. The summed E-state index contributed by atoms with van der Waals surface area (Å²) in [7, 11) is 0. The molecule has 4 heteroatoms. The van der Waals surface area contributed by atoms with E-state index < -0.39 is 17.7 Å². The molecule has 2 aromatic rings. The highest BCUT2D eigenvalue weighted by Crippen LogP contribution is 2.30. The van der Waals surface area contributed by atoms with E-state index in [4.69, 9.17) is 9.47 Å². The molecule has 0 heterocycles. The van der Waals surface area contributed by atoms with Crippen LogP contribution in [0, 0.1) is 0 Å². The van der Waals surface area contributed by atoms with Gasteiger partial charge in [0.1, 0.15) is 0 Å². The smallest absolute Gasteiger partial charge is 0.341 e. The third-order valence-electron chi connectivity index (χ3n) is 3.58. The number of esters is 2. The van der Waals surface area contributed by atoms with Crippen molar-refractivity contribution < 1.29 is 19.1 Å². The molecule has 0 aromatic heterocycles. The largest absolute Gasteiger partial charge is 0.415 e. The van der Waals surface area contributed by atoms with Crippen LogP contribution in [0.3, 0.4) is 0 Å². The summed E-state index contributed by atoms with van der Waals surface area (Å²) in [5, 5.41) is 0. The van der Waals surface area contributed by atoms with E-state index in [1.54, 1.807) is 54.6 Å². The number of allylic oxidation sites excluding steroid dienone is 1. The summed E-state index contributed by atoms with van der Waals surface area (Å²) in [4.78, 5) is 24.6. The highest BCUT2D eigenvalue weighted by molar-refractivity contribution is 5.91. The molecule has 0 amide bonds. The maximum Gasteiger partial charge on any atom is 0.341 e. The number of carbonyl (C=O) groups excluding carboxylic acids is 2. The molecule has 1 aliphatic rings. The fourth-order valence-corrected chi connectivity index (χ4v) is 2.40. The van der Waals surface area contributed by atoms with Gasteiger partial charge in [-0.3, -0.25) is 0 Å². The number of benzene rings is 2. The van der Waals surface area contributed by atoms with E-state index in [-0.39, 0.29) is 0 Å². The Hall–Kier alpha value is -2.88. The van der Waals surface area contributed by atoms with E-state index in [9.17, 15) is 9.59 Å². The van der Waals surface area contributed by atoms with E-state index in [2.05, 4.69) is 0 Å². The molecular formula is C19H16O4. The van der Waals surface area contributed by atoms with Crippen molar-refractivity contribution in [1.29, 1.82) is 0 Å². The quantitative estimate of drug-likeness (QED) is 0.490. The predicted octanol–water partition coefficient (Wildman–Crippen LogP) is 3.75. The van der Waals surface area contributed by atoms with E-state index in [0.29, 0.717) is 24.0 Å². The molecule has 116 valence electrons. The molecule has 0 radical (unpaired) electrons. The van der Waals surface area contributed by atoms with Crippen LogP contribution in [-0.4, -0.2) is 17.7 Å². The van der Waals surface area contributed by atoms with E-state index in [0.717, 1.165) is 0 Å². The van der Waals surface area contributed by atoms with Gasteiger partial charge < -0.3 is 9.47 Å². The Morgan fingerprint density at radius 3 is 1.65 bits per heavy atom. The molecule has 0 bridgehead atoms. The Morgan fingerprint density at radius 1 is 0.783 bits per heavy atom. The molecule has 3 rings (SSSR count). The van der Waals surface area contributed by atoms with Crippen LogP contribution in [0.2, 0.25) is 0 Å². The number of hydrogen-bond donors (Lipinski definition) is 0. The summed E-state index contributed by atoms with van der Waals surface area (Å²) >= 11 is 0. The summed E-state index contributed by atoms with van der Waals surface area (Å²) in [5.74, 6) is -2.36. The number of rotatable bonds is 4. The van der Waals surface area contributed by atoms with E-state index >= 15 is 0 Å². The van der Waals surface area contributed by atoms with Crippen molar-refractivity contribution in [3.8, 4) is 0 Å². The van der Waals surface area contributed by atoms with E-state index in [1.807, 2.05) is 18.2 Å². The fraction of sp³-hybridized carbons (Fsp3) is 0.158. The lowest BCUT2D eigenvalue weighted by atomic mass is 10.2. The standard InChI is InChI=1S/C19H16O4/c20-17(15-9-3-1-4-10-15)22-19(13-7-8-14-19)23-18(21)16-11-5-2-6-12-16/h1-7,9-13H,8,14H2. The highest BCUT2D eigenvalue weighted by atomic mass is 16.7. The molecular weight excluding hydrogens is 292 g/mol. The third-order valence-corrected chi connectivity index (χ3v) is 3.58. The van der Waals surface area contributed by atoms with Gasteiger partial charge in [0.25, 0.3) is 5.79 Å². The van der Waals surface area contributed by atoms with Crippen molar-refractivity contribution in [2.24, 2.45) is 0 Å². The van der Waals surface area contributed by atoms with Gasteiger partial charge in [0, 0.05) is 6.42 Å². The lowest BCUT2D eigenvalue weighted by Gasteiger charge is -2.27. The van der Waals surface area contributed by atoms with Gasteiger partial charge in [0.05, 0.1) is 11.1 Å². The van der Waals surface area contributed by atoms with E-state index in [1.165, 1.54) is 0 Å². The Kier molecular flexibility index (Phi) is 4.24. The fourth-order valence-electron chi connectivity index (χ4n) is 2.40. The maximum absolute atomic E-state index is 12.3. The topological polar surface area (TPSA) is 52.6 Å². The van der Waals surface area contributed by atoms with Crippen molar-refractivity contribution in [3.63, 3.8) is 0 Å². The van der Waals surface area contributed by atoms with Gasteiger partial charge in [0.15, 0.2) is 0 Å². The van der Waals surface area contributed by atoms with Crippen molar-refractivity contribution >= 4 is 11.9 Å². The van der Waals surface area contributed by atoms with Crippen molar-refractivity contribution in [2.45, 2.75) is 18.6 Å². The average molecular weight is 308 g/mol. The molecule has 0 atom stereocenters. The normalized spacial score (nSPS) is 15.1. The van der Waals surface area contributed by atoms with Crippen molar-refractivity contribution in [1.82, 2.24) is 0 Å². The Labute approximate surface area is 134 Å². The lowest BCUT2D eigenvalue weighted by molar-refractivity contribution is -0.134. The van der Waals surface area contributed by atoms with Crippen LogP contribution >= 0.6 is 0 Å². The van der Waals surface area contributed by atoms with Crippen LogP contribution in [0.15, 0.2) is 72.8 Å². The first kappa shape index (κ1) is 15.0. The molecule has 23 heavy (non-hydrogen) atoms. The Balaban J connectivity index is 1.77. The Bertz CT molecular complexity index is 666. The average Bonchev–Trinajstić information content (AvgIpc) is 3.04. The van der Waals surface area contributed by atoms with Crippen LogP contribution < -0.4 is 0 Å². The lowest BCUT2D eigenvalue weighted by Crippen LogP contribution is -2.36. The molecule has 0 saturated carbocycles. The molecule has 0 fully saturated rings. The second kappa shape index (κ2) is 6.48. The van der Waals surface area contributed by atoms with Crippen molar-refractivity contribution in [2.75, 3.05) is 0 Å². The maximum atomic E-state index is 12.3. The third kappa shape index (κ3) is 3.48. The molecule has 0 aliphatic heterocycles. The summed E-state index contributed by atoms with van der Waals surface area (Å²) in [6, 6.07) is 17.3. The number of hydrogen-bond acceptors (Lipinski definition) is 4. The number of carbonyl (C=O) groups is 2.